The predicted octanol–water partition coefficient (Wildman–Crippen LogP) is 2.60. The summed E-state index contributed by atoms with van der Waals surface area (Å²) in [5, 5.41) is 15.2. The highest BCUT2D eigenvalue weighted by molar-refractivity contribution is 7.15. The number of fused-ring (bicyclic) bond motifs is 1. The third-order valence-corrected chi connectivity index (χ3v) is 5.28. The van der Waals surface area contributed by atoms with E-state index >= 15 is 0 Å². The van der Waals surface area contributed by atoms with Crippen LogP contribution in [0.25, 0.3) is 22.4 Å². The topological polar surface area (TPSA) is 126 Å². The third-order valence-electron chi connectivity index (χ3n) is 4.32. The Balaban J connectivity index is 1.72. The Morgan fingerprint density at radius 1 is 1.25 bits per heavy atom. The summed E-state index contributed by atoms with van der Waals surface area (Å²) in [5.41, 5.74) is 0.669. The molecule has 0 N–H and O–H groups in total. The van der Waals surface area contributed by atoms with Crippen molar-refractivity contribution >= 4 is 34.0 Å². The van der Waals surface area contributed by atoms with Gasteiger partial charge in [0.2, 0.25) is 4.96 Å². The van der Waals surface area contributed by atoms with Crippen molar-refractivity contribution in [1.29, 1.82) is 0 Å². The van der Waals surface area contributed by atoms with Gasteiger partial charge in [0.05, 0.1) is 16.1 Å². The molecule has 4 aromatic rings. The molecule has 0 saturated carbocycles. The van der Waals surface area contributed by atoms with Crippen molar-refractivity contribution < 1.29 is 19.2 Å². The number of carbonyl (C=O) groups excluding carboxylic acids is 1. The lowest BCUT2D eigenvalue weighted by molar-refractivity contribution is -0.384. The van der Waals surface area contributed by atoms with Crippen LogP contribution in [0.4, 0.5) is 5.69 Å². The lowest BCUT2D eigenvalue weighted by Crippen LogP contribution is -2.23. The van der Waals surface area contributed by atoms with E-state index in [0.29, 0.717) is 38.7 Å². The van der Waals surface area contributed by atoms with Gasteiger partial charge in [-0.25, -0.2) is 0 Å². The fourth-order valence-corrected chi connectivity index (χ4v) is 3.90. The van der Waals surface area contributed by atoms with Crippen molar-refractivity contribution in [3.8, 4) is 22.9 Å². The number of esters is 1. The quantitative estimate of drug-likeness (QED) is 0.189. The second-order valence-electron chi connectivity index (χ2n) is 6.59. The molecule has 0 saturated heterocycles. The normalized spacial score (nSPS) is 11.6. The molecule has 0 aliphatic rings. The van der Waals surface area contributed by atoms with Gasteiger partial charge in [0, 0.05) is 24.6 Å². The smallest absolute Gasteiger partial charge is 0.308 e. The van der Waals surface area contributed by atoms with E-state index in [2.05, 4.69) is 10.1 Å². The molecule has 10 nitrogen and oxygen atoms in total. The van der Waals surface area contributed by atoms with Gasteiger partial charge in [0.15, 0.2) is 17.3 Å². The molecule has 2 heterocycles. The minimum absolute atomic E-state index is 0.0840. The first-order valence-electron chi connectivity index (χ1n) is 9.47. The van der Waals surface area contributed by atoms with E-state index < -0.39 is 10.9 Å². The number of nitro benzene ring substituents is 1. The van der Waals surface area contributed by atoms with Crippen LogP contribution in [-0.4, -0.2) is 32.1 Å². The Hall–Kier alpha value is -4.12. The Morgan fingerprint density at radius 2 is 2.06 bits per heavy atom. The molecule has 0 aliphatic carbocycles. The molecule has 162 valence electrons. The predicted molar refractivity (Wildman–Crippen MR) is 117 cm³/mol. The lowest BCUT2D eigenvalue weighted by Gasteiger charge is -2.10. The maximum Gasteiger partial charge on any atom is 0.308 e. The summed E-state index contributed by atoms with van der Waals surface area (Å²) in [5.74, 6) is 0.446. The number of hydrogen-bond donors (Lipinski definition) is 0. The zero-order chi connectivity index (χ0) is 22.8. The molecule has 2 aromatic heterocycles. The van der Waals surface area contributed by atoms with Crippen molar-refractivity contribution in [2.24, 2.45) is 0 Å². The van der Waals surface area contributed by atoms with E-state index in [0.717, 1.165) is 11.3 Å². The molecule has 4 rings (SSSR count). The number of hydrogen-bond acceptors (Lipinski definition) is 9. The summed E-state index contributed by atoms with van der Waals surface area (Å²) in [4.78, 5) is 39.3. The molecule has 0 radical (unpaired) electrons. The van der Waals surface area contributed by atoms with Crippen LogP contribution in [0, 0.1) is 10.1 Å². The van der Waals surface area contributed by atoms with Gasteiger partial charge in [0.1, 0.15) is 0 Å². The Morgan fingerprint density at radius 3 is 2.75 bits per heavy atom. The van der Waals surface area contributed by atoms with Crippen LogP contribution in [0.15, 0.2) is 47.3 Å². The highest BCUT2D eigenvalue weighted by atomic mass is 32.1. The van der Waals surface area contributed by atoms with E-state index in [9.17, 15) is 19.7 Å². The first-order chi connectivity index (χ1) is 15.4. The number of nitro groups is 1. The van der Waals surface area contributed by atoms with Crippen LogP contribution in [0.3, 0.4) is 0 Å². The van der Waals surface area contributed by atoms with E-state index in [1.165, 1.54) is 29.6 Å². The number of thiazole rings is 1. The molecule has 0 unspecified atom stereocenters. The Kier molecular flexibility index (Phi) is 5.65. The van der Waals surface area contributed by atoms with Gasteiger partial charge in [-0.1, -0.05) is 29.5 Å². The van der Waals surface area contributed by atoms with E-state index in [4.69, 9.17) is 9.47 Å². The second-order valence-corrected chi connectivity index (χ2v) is 7.59. The van der Waals surface area contributed by atoms with Crippen LogP contribution in [0.2, 0.25) is 0 Å². The molecule has 0 atom stereocenters. The fourth-order valence-electron chi connectivity index (χ4n) is 2.99. The number of carbonyl (C=O) groups is 1. The van der Waals surface area contributed by atoms with Gasteiger partial charge < -0.3 is 9.47 Å². The van der Waals surface area contributed by atoms with Gasteiger partial charge >= 0.3 is 5.97 Å². The monoisotopic (exact) mass is 452 g/mol. The van der Waals surface area contributed by atoms with Crippen molar-refractivity contribution in [2.75, 3.05) is 6.61 Å². The lowest BCUT2D eigenvalue weighted by atomic mass is 10.2. The maximum absolute atomic E-state index is 12.8. The van der Waals surface area contributed by atoms with Gasteiger partial charge in [-0.15, -0.1) is 5.10 Å². The fraction of sp³-hybridized carbons (Fsp3) is 0.143. The molecule has 0 aliphatic heterocycles. The molecular formula is C21H16N4O6S. The average molecular weight is 452 g/mol. The molecule has 32 heavy (non-hydrogen) atoms. The Bertz CT molecular complexity index is 1460. The largest absolute Gasteiger partial charge is 0.490 e. The third kappa shape index (κ3) is 4.18. The van der Waals surface area contributed by atoms with Crippen LogP contribution < -0.4 is 19.6 Å². The van der Waals surface area contributed by atoms with Crippen molar-refractivity contribution in [1.82, 2.24) is 14.6 Å². The minimum Gasteiger partial charge on any atom is -0.490 e. The van der Waals surface area contributed by atoms with Gasteiger partial charge in [0.25, 0.3) is 11.2 Å². The number of ether oxygens (including phenoxy) is 2. The first-order valence-corrected chi connectivity index (χ1v) is 10.3. The van der Waals surface area contributed by atoms with Crippen molar-refractivity contribution in [3.05, 3.63) is 73.0 Å². The number of nitrogens with zero attached hydrogens (tertiary/aromatic N) is 4. The molecule has 0 fully saturated rings. The summed E-state index contributed by atoms with van der Waals surface area (Å²) in [6.07, 6.45) is 1.66. The second kappa shape index (κ2) is 8.55. The highest BCUT2D eigenvalue weighted by Gasteiger charge is 2.15. The van der Waals surface area contributed by atoms with Gasteiger partial charge in [-0.05, 0) is 30.7 Å². The number of rotatable bonds is 6. The number of benzene rings is 2. The number of aromatic nitrogens is 3. The zero-order valence-corrected chi connectivity index (χ0v) is 17.8. The SMILES string of the molecule is CCOc1cc(/C=c2/sc3nc(-c4cccc([N+](=O)[O-])c4)nn3c2=O)ccc1OC(C)=O. The standard InChI is InChI=1S/C21H16N4O6S/c1-3-30-17-9-13(7-8-16(17)31-12(2)26)10-18-20(27)24-21(32-18)22-19(23-24)14-5-4-6-15(11-14)25(28)29/h4-11H,3H2,1-2H3/b18-10+. The first kappa shape index (κ1) is 21.1. The van der Waals surface area contributed by atoms with Crippen LogP contribution in [-0.2, 0) is 4.79 Å². The Labute approximate surface area is 184 Å². The summed E-state index contributed by atoms with van der Waals surface area (Å²) in [6.45, 7) is 3.49. The van der Waals surface area contributed by atoms with E-state index in [1.807, 2.05) is 6.92 Å². The number of non-ortho nitro benzene ring substituents is 1. The van der Waals surface area contributed by atoms with Crippen molar-refractivity contribution in [2.45, 2.75) is 13.8 Å². The molecule has 0 spiro atoms. The van der Waals surface area contributed by atoms with Crippen LogP contribution in [0.1, 0.15) is 19.4 Å². The molecular weight excluding hydrogens is 436 g/mol. The summed E-state index contributed by atoms with van der Waals surface area (Å²) in [6, 6.07) is 10.9. The van der Waals surface area contributed by atoms with Gasteiger partial charge in [-0.3, -0.25) is 19.7 Å². The minimum atomic E-state index is -0.503. The van der Waals surface area contributed by atoms with E-state index in [1.54, 1.807) is 30.3 Å². The maximum atomic E-state index is 12.8. The van der Waals surface area contributed by atoms with Crippen LogP contribution >= 0.6 is 11.3 Å². The molecule has 0 amide bonds. The summed E-state index contributed by atoms with van der Waals surface area (Å²) in [7, 11) is 0. The summed E-state index contributed by atoms with van der Waals surface area (Å²) < 4.78 is 12.2. The molecule has 2 aromatic carbocycles. The summed E-state index contributed by atoms with van der Waals surface area (Å²) >= 11 is 1.14. The van der Waals surface area contributed by atoms with Crippen molar-refractivity contribution in [3.63, 3.8) is 0 Å². The zero-order valence-electron chi connectivity index (χ0n) is 17.0. The molecule has 11 heteroatoms. The molecule has 0 bridgehead atoms. The van der Waals surface area contributed by atoms with E-state index in [-0.39, 0.29) is 17.1 Å². The van der Waals surface area contributed by atoms with Gasteiger partial charge in [-0.2, -0.15) is 9.50 Å². The highest BCUT2D eigenvalue weighted by Crippen LogP contribution is 2.29. The average Bonchev–Trinajstić information content (AvgIpc) is 3.29. The van der Waals surface area contributed by atoms with Crippen LogP contribution in [0.5, 0.6) is 11.5 Å².